The molecule has 0 aromatic carbocycles. The van der Waals surface area contributed by atoms with Crippen molar-refractivity contribution in [2.75, 3.05) is 12.8 Å². The SMILES string of the molecule is Cc1nc(N)sc1S(=O)(=O)N(C)Cc1ccoc1. The molecule has 0 aliphatic rings. The predicted molar refractivity (Wildman–Crippen MR) is 68.6 cm³/mol. The van der Waals surface area contributed by atoms with Gasteiger partial charge in [-0.2, -0.15) is 4.31 Å². The Morgan fingerprint density at radius 3 is 2.78 bits per heavy atom. The Morgan fingerprint density at radius 2 is 2.28 bits per heavy atom. The second-order valence-corrected chi connectivity index (χ2v) is 7.09. The zero-order valence-electron chi connectivity index (χ0n) is 9.95. The molecule has 0 aliphatic heterocycles. The van der Waals surface area contributed by atoms with Crippen LogP contribution in [-0.4, -0.2) is 24.8 Å². The molecular formula is C10H13N3O3S2. The van der Waals surface area contributed by atoms with Crippen molar-refractivity contribution < 1.29 is 12.8 Å². The summed E-state index contributed by atoms with van der Waals surface area (Å²) in [6, 6.07) is 1.72. The van der Waals surface area contributed by atoms with Crippen molar-refractivity contribution in [1.29, 1.82) is 0 Å². The standard InChI is InChI=1S/C10H13N3O3S2/c1-7-9(17-10(11)12-7)18(14,15)13(2)5-8-3-4-16-6-8/h3-4,6H,5H2,1-2H3,(H2,11,12). The number of aromatic nitrogens is 1. The van der Waals surface area contributed by atoms with Crippen LogP contribution in [0.1, 0.15) is 11.3 Å². The number of hydrogen-bond donors (Lipinski definition) is 1. The van der Waals surface area contributed by atoms with Crippen molar-refractivity contribution in [2.24, 2.45) is 0 Å². The first-order chi connectivity index (χ1) is 8.41. The van der Waals surface area contributed by atoms with Crippen LogP contribution in [0.4, 0.5) is 5.13 Å². The van der Waals surface area contributed by atoms with Crippen molar-refractivity contribution in [3.8, 4) is 0 Å². The van der Waals surface area contributed by atoms with Crippen LogP contribution in [0.2, 0.25) is 0 Å². The number of anilines is 1. The molecule has 2 rings (SSSR count). The number of hydrogen-bond acceptors (Lipinski definition) is 6. The lowest BCUT2D eigenvalue weighted by atomic mass is 10.3. The minimum absolute atomic E-state index is 0.186. The quantitative estimate of drug-likeness (QED) is 0.919. The maximum Gasteiger partial charge on any atom is 0.254 e. The second kappa shape index (κ2) is 4.71. The summed E-state index contributed by atoms with van der Waals surface area (Å²) >= 11 is 0.976. The van der Waals surface area contributed by atoms with Crippen molar-refractivity contribution in [3.05, 3.63) is 29.9 Å². The summed E-state index contributed by atoms with van der Waals surface area (Å²) in [6.45, 7) is 1.88. The topological polar surface area (TPSA) is 89.4 Å². The fourth-order valence-electron chi connectivity index (χ4n) is 1.51. The van der Waals surface area contributed by atoms with Gasteiger partial charge in [-0.3, -0.25) is 0 Å². The normalized spacial score (nSPS) is 12.2. The van der Waals surface area contributed by atoms with E-state index in [0.717, 1.165) is 16.9 Å². The average molecular weight is 287 g/mol. The van der Waals surface area contributed by atoms with E-state index in [4.69, 9.17) is 10.2 Å². The van der Waals surface area contributed by atoms with Gasteiger partial charge in [-0.25, -0.2) is 13.4 Å². The van der Waals surface area contributed by atoms with Gasteiger partial charge in [0.25, 0.3) is 10.0 Å². The minimum atomic E-state index is -3.56. The molecule has 18 heavy (non-hydrogen) atoms. The van der Waals surface area contributed by atoms with Crippen molar-refractivity contribution in [3.63, 3.8) is 0 Å². The molecule has 2 aromatic rings. The number of rotatable bonds is 4. The summed E-state index contributed by atoms with van der Waals surface area (Å²) in [5, 5.41) is 0.253. The van der Waals surface area contributed by atoms with Crippen molar-refractivity contribution >= 4 is 26.5 Å². The minimum Gasteiger partial charge on any atom is -0.472 e. The van der Waals surface area contributed by atoms with Crippen LogP contribution in [-0.2, 0) is 16.6 Å². The smallest absolute Gasteiger partial charge is 0.254 e. The predicted octanol–water partition coefficient (Wildman–Crippen LogP) is 1.45. The molecule has 8 heteroatoms. The van der Waals surface area contributed by atoms with E-state index < -0.39 is 10.0 Å². The van der Waals surface area contributed by atoms with Crippen LogP contribution in [0, 0.1) is 6.92 Å². The molecule has 0 aliphatic carbocycles. The molecule has 2 heterocycles. The van der Waals surface area contributed by atoms with Gasteiger partial charge in [0.2, 0.25) is 0 Å². The summed E-state index contributed by atoms with van der Waals surface area (Å²) in [7, 11) is -2.05. The number of aryl methyl sites for hydroxylation is 1. The van der Waals surface area contributed by atoms with Gasteiger partial charge in [0.05, 0.1) is 18.2 Å². The molecule has 0 unspecified atom stereocenters. The van der Waals surface area contributed by atoms with Crippen LogP contribution in [0.25, 0.3) is 0 Å². The van der Waals surface area contributed by atoms with Gasteiger partial charge in [-0.1, -0.05) is 11.3 Å². The van der Waals surface area contributed by atoms with Crippen molar-refractivity contribution in [2.45, 2.75) is 17.7 Å². The molecular weight excluding hydrogens is 274 g/mol. The second-order valence-electron chi connectivity index (χ2n) is 3.82. The lowest BCUT2D eigenvalue weighted by molar-refractivity contribution is 0.464. The molecule has 98 valence electrons. The Balaban J connectivity index is 2.28. The van der Waals surface area contributed by atoms with E-state index in [1.807, 2.05) is 0 Å². The first-order valence-corrected chi connectivity index (χ1v) is 7.37. The molecule has 6 nitrogen and oxygen atoms in total. The van der Waals surface area contributed by atoms with Gasteiger partial charge >= 0.3 is 0 Å². The van der Waals surface area contributed by atoms with Crippen LogP contribution in [0.15, 0.2) is 27.2 Å². The van der Waals surface area contributed by atoms with Crippen LogP contribution >= 0.6 is 11.3 Å². The van der Waals surface area contributed by atoms with E-state index in [-0.39, 0.29) is 15.9 Å². The highest BCUT2D eigenvalue weighted by molar-refractivity contribution is 7.91. The number of sulfonamides is 1. The van der Waals surface area contributed by atoms with Crippen LogP contribution in [0.5, 0.6) is 0 Å². The largest absolute Gasteiger partial charge is 0.472 e. The number of nitrogens with two attached hydrogens (primary N) is 1. The summed E-state index contributed by atoms with van der Waals surface area (Å²) in [4.78, 5) is 3.93. The van der Waals surface area contributed by atoms with Gasteiger partial charge in [-0.15, -0.1) is 0 Å². The fourth-order valence-corrected chi connectivity index (χ4v) is 4.15. The van der Waals surface area contributed by atoms with Gasteiger partial charge in [0.1, 0.15) is 0 Å². The highest BCUT2D eigenvalue weighted by Gasteiger charge is 2.26. The summed E-state index contributed by atoms with van der Waals surface area (Å²) in [5.41, 5.74) is 6.74. The van der Waals surface area contributed by atoms with Gasteiger partial charge in [-0.05, 0) is 13.0 Å². The molecule has 0 bridgehead atoms. The van der Waals surface area contributed by atoms with Crippen LogP contribution < -0.4 is 5.73 Å². The third-order valence-electron chi connectivity index (χ3n) is 2.40. The third-order valence-corrected chi connectivity index (χ3v) is 5.78. The summed E-state index contributed by atoms with van der Waals surface area (Å²) < 4.78 is 30.9. The molecule has 0 fully saturated rings. The summed E-state index contributed by atoms with van der Waals surface area (Å²) in [5.74, 6) is 0. The Kier molecular flexibility index (Phi) is 3.42. The summed E-state index contributed by atoms with van der Waals surface area (Å²) in [6.07, 6.45) is 3.02. The Bertz CT molecular complexity index is 631. The molecule has 0 saturated heterocycles. The molecule has 0 saturated carbocycles. The van der Waals surface area contributed by atoms with E-state index in [1.165, 1.54) is 23.9 Å². The first-order valence-electron chi connectivity index (χ1n) is 5.11. The number of thiazole rings is 1. The average Bonchev–Trinajstić information content (AvgIpc) is 2.88. The molecule has 2 aromatic heterocycles. The van der Waals surface area contributed by atoms with Gasteiger partial charge in [0.15, 0.2) is 9.34 Å². The highest BCUT2D eigenvalue weighted by Crippen LogP contribution is 2.28. The zero-order valence-corrected chi connectivity index (χ0v) is 11.6. The number of nitrogens with zero attached hydrogens (tertiary/aromatic N) is 2. The molecule has 0 amide bonds. The van der Waals surface area contributed by atoms with E-state index in [1.54, 1.807) is 13.0 Å². The molecule has 0 spiro atoms. The maximum atomic E-state index is 12.3. The monoisotopic (exact) mass is 287 g/mol. The van der Waals surface area contributed by atoms with E-state index >= 15 is 0 Å². The Labute approximate surface area is 109 Å². The van der Waals surface area contributed by atoms with Gasteiger partial charge in [0, 0.05) is 19.2 Å². The molecule has 0 radical (unpaired) electrons. The van der Waals surface area contributed by atoms with Crippen LogP contribution in [0.3, 0.4) is 0 Å². The first kappa shape index (κ1) is 13.1. The molecule has 2 N–H and O–H groups in total. The zero-order chi connectivity index (χ0) is 13.3. The fraction of sp³-hybridized carbons (Fsp3) is 0.300. The lowest BCUT2D eigenvalue weighted by Gasteiger charge is -2.15. The van der Waals surface area contributed by atoms with E-state index in [9.17, 15) is 8.42 Å². The van der Waals surface area contributed by atoms with E-state index in [2.05, 4.69) is 4.98 Å². The third kappa shape index (κ3) is 2.40. The number of nitrogen functional groups attached to an aromatic ring is 1. The molecule has 0 atom stereocenters. The maximum absolute atomic E-state index is 12.3. The Morgan fingerprint density at radius 1 is 1.56 bits per heavy atom. The van der Waals surface area contributed by atoms with E-state index in [0.29, 0.717) is 5.69 Å². The Hall–Kier alpha value is -1.38. The van der Waals surface area contributed by atoms with Gasteiger partial charge < -0.3 is 10.2 Å². The van der Waals surface area contributed by atoms with Crippen molar-refractivity contribution in [1.82, 2.24) is 9.29 Å². The number of furan rings is 1. The lowest BCUT2D eigenvalue weighted by Crippen LogP contribution is -2.26. The highest BCUT2D eigenvalue weighted by atomic mass is 32.2.